The molecule has 0 unspecified atom stereocenters. The Morgan fingerprint density at radius 3 is 2.35 bits per heavy atom. The second kappa shape index (κ2) is 5.09. The Morgan fingerprint density at radius 1 is 1.00 bits per heavy atom. The van der Waals surface area contributed by atoms with Crippen LogP contribution in [0.15, 0.2) is 54.6 Å². The Bertz CT molecular complexity index is 567. The van der Waals surface area contributed by atoms with Crippen molar-refractivity contribution in [2.45, 2.75) is 6.42 Å². The quantitative estimate of drug-likeness (QED) is 0.745. The normalized spacial score (nSPS) is 9.59. The van der Waals surface area contributed by atoms with E-state index in [1.165, 1.54) is 0 Å². The van der Waals surface area contributed by atoms with Gasteiger partial charge in [0.25, 0.3) is 0 Å². The van der Waals surface area contributed by atoms with Gasteiger partial charge in [0.2, 0.25) is 0 Å². The van der Waals surface area contributed by atoms with E-state index in [0.717, 1.165) is 11.1 Å². The molecule has 0 saturated carbocycles. The molecular weight excluding hydrogens is 210 g/mol. The molecule has 17 heavy (non-hydrogen) atoms. The predicted octanol–water partition coefficient (Wildman–Crippen LogP) is 3.45. The van der Waals surface area contributed by atoms with Crippen LogP contribution in [0.4, 0.5) is 0 Å². The van der Waals surface area contributed by atoms with Crippen molar-refractivity contribution in [1.82, 2.24) is 0 Å². The van der Waals surface area contributed by atoms with E-state index in [9.17, 15) is 4.79 Å². The van der Waals surface area contributed by atoms with E-state index in [1.807, 2.05) is 54.6 Å². The number of nitriles is 1. The highest BCUT2D eigenvalue weighted by atomic mass is 16.1. The summed E-state index contributed by atoms with van der Waals surface area (Å²) in [6.07, 6.45) is -0.0795. The van der Waals surface area contributed by atoms with E-state index in [4.69, 9.17) is 5.26 Å². The predicted molar refractivity (Wildman–Crippen MR) is 66.4 cm³/mol. The number of ketones is 1. The summed E-state index contributed by atoms with van der Waals surface area (Å²) in [6.45, 7) is 0. The molecule has 82 valence electrons. The molecule has 0 aromatic heterocycles. The molecular formula is C15H11NO. The van der Waals surface area contributed by atoms with Gasteiger partial charge in [-0.2, -0.15) is 5.26 Å². The van der Waals surface area contributed by atoms with Crippen LogP contribution < -0.4 is 0 Å². The maximum atomic E-state index is 11.8. The topological polar surface area (TPSA) is 40.9 Å². The molecule has 0 saturated heterocycles. The van der Waals surface area contributed by atoms with Gasteiger partial charge >= 0.3 is 0 Å². The highest BCUT2D eigenvalue weighted by Crippen LogP contribution is 2.24. The highest BCUT2D eigenvalue weighted by Gasteiger charge is 2.11. The van der Waals surface area contributed by atoms with Crippen molar-refractivity contribution in [3.8, 4) is 17.2 Å². The number of carbonyl (C=O) groups is 1. The van der Waals surface area contributed by atoms with Crippen molar-refractivity contribution in [2.24, 2.45) is 0 Å². The maximum Gasteiger partial charge on any atom is 0.177 e. The minimum Gasteiger partial charge on any atom is -0.293 e. The summed E-state index contributed by atoms with van der Waals surface area (Å²) in [4.78, 5) is 11.8. The van der Waals surface area contributed by atoms with E-state index in [0.29, 0.717) is 5.56 Å². The largest absolute Gasteiger partial charge is 0.293 e. The van der Waals surface area contributed by atoms with E-state index in [1.54, 1.807) is 6.07 Å². The van der Waals surface area contributed by atoms with Crippen LogP contribution in [0.5, 0.6) is 0 Å². The van der Waals surface area contributed by atoms with E-state index in [-0.39, 0.29) is 12.2 Å². The standard InChI is InChI=1S/C15H11NO/c16-11-10-15(17)14-9-5-4-8-13(14)12-6-2-1-3-7-12/h1-9H,10H2. The number of hydrogen-bond acceptors (Lipinski definition) is 2. The number of hydrogen-bond donors (Lipinski definition) is 0. The third kappa shape index (κ3) is 2.40. The highest BCUT2D eigenvalue weighted by molar-refractivity contribution is 6.03. The van der Waals surface area contributed by atoms with Crippen LogP contribution in [0.3, 0.4) is 0 Å². The van der Waals surface area contributed by atoms with E-state index >= 15 is 0 Å². The third-order valence-electron chi connectivity index (χ3n) is 2.55. The molecule has 0 aliphatic heterocycles. The molecule has 0 aliphatic carbocycles. The first-order chi connectivity index (χ1) is 8.33. The molecule has 0 N–H and O–H groups in total. The van der Waals surface area contributed by atoms with Crippen LogP contribution in [0, 0.1) is 11.3 Å². The van der Waals surface area contributed by atoms with Crippen LogP contribution in [-0.4, -0.2) is 5.78 Å². The monoisotopic (exact) mass is 221 g/mol. The van der Waals surface area contributed by atoms with E-state index in [2.05, 4.69) is 0 Å². The van der Waals surface area contributed by atoms with Gasteiger partial charge < -0.3 is 0 Å². The summed E-state index contributed by atoms with van der Waals surface area (Å²) in [7, 11) is 0. The van der Waals surface area contributed by atoms with Crippen LogP contribution in [0.1, 0.15) is 16.8 Å². The Balaban J connectivity index is 2.49. The first-order valence-electron chi connectivity index (χ1n) is 5.37. The summed E-state index contributed by atoms with van der Waals surface area (Å²) in [5.41, 5.74) is 2.49. The molecule has 0 bridgehead atoms. The fraction of sp³-hybridized carbons (Fsp3) is 0.0667. The van der Waals surface area contributed by atoms with Crippen molar-refractivity contribution < 1.29 is 4.79 Å². The Hall–Kier alpha value is -2.40. The molecule has 0 aliphatic rings. The molecule has 2 aromatic rings. The lowest BCUT2D eigenvalue weighted by Gasteiger charge is -2.06. The van der Waals surface area contributed by atoms with Crippen molar-refractivity contribution in [2.75, 3.05) is 0 Å². The first kappa shape index (κ1) is 11.1. The summed E-state index contributed by atoms with van der Waals surface area (Å²) in [6, 6.07) is 19.0. The summed E-state index contributed by atoms with van der Waals surface area (Å²) >= 11 is 0. The Morgan fingerprint density at radius 2 is 1.65 bits per heavy atom. The van der Waals surface area contributed by atoms with Crippen LogP contribution in [0.2, 0.25) is 0 Å². The zero-order chi connectivity index (χ0) is 12.1. The minimum atomic E-state index is -0.132. The van der Waals surface area contributed by atoms with Gasteiger partial charge in [-0.25, -0.2) is 0 Å². The van der Waals surface area contributed by atoms with Gasteiger partial charge in [0, 0.05) is 5.56 Å². The molecule has 0 amide bonds. The van der Waals surface area contributed by atoms with Gasteiger partial charge in [0.05, 0.1) is 12.5 Å². The van der Waals surface area contributed by atoms with Gasteiger partial charge in [-0.1, -0.05) is 54.6 Å². The molecule has 2 nitrogen and oxygen atoms in total. The summed E-state index contributed by atoms with van der Waals surface area (Å²) in [5, 5.41) is 8.59. The SMILES string of the molecule is N#CCC(=O)c1ccccc1-c1ccccc1. The zero-order valence-corrected chi connectivity index (χ0v) is 9.26. The summed E-state index contributed by atoms with van der Waals surface area (Å²) in [5.74, 6) is -0.132. The number of benzene rings is 2. The van der Waals surface area contributed by atoms with Crippen molar-refractivity contribution in [1.29, 1.82) is 5.26 Å². The molecule has 2 heteroatoms. The smallest absolute Gasteiger partial charge is 0.177 e. The number of Topliss-reactive ketones (excluding diaryl/α,β-unsaturated/α-hetero) is 1. The van der Waals surface area contributed by atoms with Gasteiger partial charge in [-0.05, 0) is 11.1 Å². The lowest BCUT2D eigenvalue weighted by molar-refractivity contribution is 0.0998. The third-order valence-corrected chi connectivity index (χ3v) is 2.55. The first-order valence-corrected chi connectivity index (χ1v) is 5.37. The van der Waals surface area contributed by atoms with Crippen LogP contribution >= 0.6 is 0 Å². The molecule has 0 atom stereocenters. The van der Waals surface area contributed by atoms with E-state index < -0.39 is 0 Å². The lowest BCUT2D eigenvalue weighted by atomic mass is 9.96. The fourth-order valence-electron chi connectivity index (χ4n) is 1.76. The van der Waals surface area contributed by atoms with Gasteiger partial charge in [-0.15, -0.1) is 0 Å². The number of nitrogens with zero attached hydrogens (tertiary/aromatic N) is 1. The van der Waals surface area contributed by atoms with Crippen molar-refractivity contribution in [3.05, 3.63) is 60.2 Å². The van der Waals surface area contributed by atoms with Gasteiger partial charge in [-0.3, -0.25) is 4.79 Å². The maximum absolute atomic E-state index is 11.8. The number of rotatable bonds is 3. The fourth-order valence-corrected chi connectivity index (χ4v) is 1.76. The lowest BCUT2D eigenvalue weighted by Crippen LogP contribution is -1.99. The minimum absolute atomic E-state index is 0.0795. The molecule has 0 spiro atoms. The van der Waals surface area contributed by atoms with Gasteiger partial charge in [0.1, 0.15) is 0 Å². The van der Waals surface area contributed by atoms with Crippen LogP contribution in [0.25, 0.3) is 11.1 Å². The van der Waals surface area contributed by atoms with Crippen LogP contribution in [-0.2, 0) is 0 Å². The Kier molecular flexibility index (Phi) is 3.32. The van der Waals surface area contributed by atoms with Crippen molar-refractivity contribution in [3.63, 3.8) is 0 Å². The molecule has 0 heterocycles. The molecule has 2 aromatic carbocycles. The number of carbonyl (C=O) groups excluding carboxylic acids is 1. The molecule has 0 fully saturated rings. The second-order valence-electron chi connectivity index (χ2n) is 3.67. The summed E-state index contributed by atoms with van der Waals surface area (Å²) < 4.78 is 0. The zero-order valence-electron chi connectivity index (χ0n) is 9.26. The van der Waals surface area contributed by atoms with Gasteiger partial charge in [0.15, 0.2) is 5.78 Å². The molecule has 0 radical (unpaired) electrons. The average molecular weight is 221 g/mol. The second-order valence-corrected chi connectivity index (χ2v) is 3.67. The molecule has 2 rings (SSSR count). The van der Waals surface area contributed by atoms with Crippen molar-refractivity contribution >= 4 is 5.78 Å². The Labute approximate surface area is 100 Å². The average Bonchev–Trinajstić information content (AvgIpc) is 2.40.